The molecule has 1 atom stereocenters. The SMILES string of the molecule is O=C(N/N=C/c1ccc(OCCN2CCCCC2c2ccccc2)c2ccccc12)c1ccc(O)c(Cl)c1.[HH]. The predicted octanol–water partition coefficient (Wildman–Crippen LogP) is 6.81. The first-order valence-electron chi connectivity index (χ1n) is 12.9. The molecule has 4 aromatic carbocycles. The largest absolute Gasteiger partial charge is 0.506 e. The molecule has 7 heteroatoms. The van der Waals surface area contributed by atoms with Gasteiger partial charge < -0.3 is 9.84 Å². The van der Waals surface area contributed by atoms with E-state index in [0.717, 1.165) is 35.2 Å². The number of hydrazone groups is 1. The molecule has 5 rings (SSSR count). The average molecular weight is 530 g/mol. The van der Waals surface area contributed by atoms with Crippen LogP contribution in [0, 0.1) is 0 Å². The predicted molar refractivity (Wildman–Crippen MR) is 154 cm³/mol. The third-order valence-electron chi connectivity index (χ3n) is 6.93. The quantitative estimate of drug-likeness (QED) is 0.194. The van der Waals surface area contributed by atoms with Crippen LogP contribution in [0.5, 0.6) is 11.5 Å². The molecule has 1 aliphatic rings. The zero-order valence-electron chi connectivity index (χ0n) is 21.0. The highest BCUT2D eigenvalue weighted by Gasteiger charge is 2.23. The Hall–Kier alpha value is -3.87. The molecule has 1 fully saturated rings. The monoisotopic (exact) mass is 529 g/mol. The number of carbonyl (C=O) groups excluding carboxylic acids is 1. The van der Waals surface area contributed by atoms with Crippen LogP contribution in [0.15, 0.2) is 90.0 Å². The first-order valence-corrected chi connectivity index (χ1v) is 13.2. The van der Waals surface area contributed by atoms with E-state index in [-0.39, 0.29) is 12.2 Å². The van der Waals surface area contributed by atoms with Gasteiger partial charge in [0.1, 0.15) is 18.1 Å². The van der Waals surface area contributed by atoms with Crippen LogP contribution in [0.1, 0.15) is 48.2 Å². The molecule has 0 radical (unpaired) electrons. The Bertz CT molecular complexity index is 1450. The molecular weight excluding hydrogens is 498 g/mol. The van der Waals surface area contributed by atoms with E-state index in [0.29, 0.717) is 18.2 Å². The van der Waals surface area contributed by atoms with Crippen LogP contribution in [0.4, 0.5) is 0 Å². The summed E-state index contributed by atoms with van der Waals surface area (Å²) in [5, 5.41) is 15.8. The molecule has 0 bridgehead atoms. The Balaban J connectivity index is 0.00000353. The zero-order chi connectivity index (χ0) is 26.3. The summed E-state index contributed by atoms with van der Waals surface area (Å²) < 4.78 is 6.29. The number of carbonyl (C=O) groups is 1. The maximum absolute atomic E-state index is 12.4. The number of fused-ring (bicyclic) bond motifs is 1. The summed E-state index contributed by atoms with van der Waals surface area (Å²) in [7, 11) is 0. The van der Waals surface area contributed by atoms with Crippen molar-refractivity contribution in [2.45, 2.75) is 25.3 Å². The normalized spacial score (nSPS) is 16.1. The van der Waals surface area contributed by atoms with Gasteiger partial charge in [0.15, 0.2) is 0 Å². The molecule has 38 heavy (non-hydrogen) atoms. The van der Waals surface area contributed by atoms with E-state index in [1.54, 1.807) is 6.21 Å². The highest BCUT2D eigenvalue weighted by molar-refractivity contribution is 6.32. The van der Waals surface area contributed by atoms with Crippen molar-refractivity contribution in [2.75, 3.05) is 19.7 Å². The maximum atomic E-state index is 12.4. The summed E-state index contributed by atoms with van der Waals surface area (Å²) in [4.78, 5) is 14.9. The summed E-state index contributed by atoms with van der Waals surface area (Å²) in [5.74, 6) is 0.333. The summed E-state index contributed by atoms with van der Waals surface area (Å²) in [5.41, 5.74) is 5.06. The van der Waals surface area contributed by atoms with E-state index in [9.17, 15) is 9.90 Å². The van der Waals surface area contributed by atoms with Crippen molar-refractivity contribution in [2.24, 2.45) is 5.10 Å². The van der Waals surface area contributed by atoms with Crippen LogP contribution in [0.3, 0.4) is 0 Å². The number of nitrogens with one attached hydrogen (secondary N) is 1. The number of halogens is 1. The number of ether oxygens (including phenoxy) is 1. The Labute approximate surface area is 229 Å². The molecule has 1 unspecified atom stereocenters. The van der Waals surface area contributed by atoms with Crippen molar-refractivity contribution in [3.05, 3.63) is 107 Å². The van der Waals surface area contributed by atoms with Gasteiger partial charge in [0.05, 0.1) is 11.2 Å². The van der Waals surface area contributed by atoms with E-state index in [2.05, 4.69) is 45.8 Å². The average Bonchev–Trinajstić information content (AvgIpc) is 2.96. The number of amides is 1. The van der Waals surface area contributed by atoms with Gasteiger partial charge in [-0.05, 0) is 60.7 Å². The van der Waals surface area contributed by atoms with Crippen molar-refractivity contribution in [1.82, 2.24) is 10.3 Å². The van der Waals surface area contributed by atoms with Crippen LogP contribution >= 0.6 is 11.6 Å². The number of phenols is 1. The van der Waals surface area contributed by atoms with Crippen molar-refractivity contribution >= 4 is 34.5 Å². The van der Waals surface area contributed by atoms with E-state index in [1.807, 2.05) is 36.4 Å². The van der Waals surface area contributed by atoms with E-state index in [1.165, 1.54) is 43.0 Å². The summed E-state index contributed by atoms with van der Waals surface area (Å²) in [6.45, 7) is 2.55. The molecule has 0 aromatic heterocycles. The highest BCUT2D eigenvalue weighted by atomic mass is 35.5. The van der Waals surface area contributed by atoms with Crippen molar-refractivity contribution in [3.63, 3.8) is 0 Å². The highest BCUT2D eigenvalue weighted by Crippen LogP contribution is 2.31. The van der Waals surface area contributed by atoms with Gasteiger partial charge in [-0.2, -0.15) is 5.10 Å². The third-order valence-corrected chi connectivity index (χ3v) is 7.23. The summed E-state index contributed by atoms with van der Waals surface area (Å²) in [6, 6.07) is 27.3. The lowest BCUT2D eigenvalue weighted by molar-refractivity contribution is 0.0955. The van der Waals surface area contributed by atoms with E-state index < -0.39 is 5.91 Å². The van der Waals surface area contributed by atoms with Crippen LogP contribution in [-0.4, -0.2) is 41.8 Å². The Morgan fingerprint density at radius 2 is 1.84 bits per heavy atom. The molecule has 0 spiro atoms. The standard InChI is InChI=1S/C31H30ClN3O3.H2/c32-27-20-23(13-15-29(27)36)31(37)34-33-21-24-14-16-30(26-11-5-4-10-25(24)26)38-19-18-35-17-7-6-12-28(35)22-8-2-1-3-9-22;/h1-5,8-11,13-16,20-21,28,36H,6-7,12,17-19H2,(H,34,37);1H/b33-21+;. The van der Waals surface area contributed by atoms with Gasteiger partial charge >= 0.3 is 0 Å². The lowest BCUT2D eigenvalue weighted by Gasteiger charge is -2.36. The van der Waals surface area contributed by atoms with Crippen molar-refractivity contribution < 1.29 is 16.1 Å². The minimum Gasteiger partial charge on any atom is -0.506 e. The smallest absolute Gasteiger partial charge is 0.271 e. The number of phenolic OH excluding ortho intramolecular Hbond substituents is 1. The molecule has 196 valence electrons. The number of nitrogens with zero attached hydrogens (tertiary/aromatic N) is 2. The van der Waals surface area contributed by atoms with Crippen LogP contribution in [-0.2, 0) is 0 Å². The molecular formula is C31H32ClN3O3. The first-order chi connectivity index (χ1) is 18.6. The topological polar surface area (TPSA) is 74.2 Å². The molecule has 1 saturated heterocycles. The molecule has 1 heterocycles. The van der Waals surface area contributed by atoms with Crippen LogP contribution in [0.25, 0.3) is 10.8 Å². The zero-order valence-corrected chi connectivity index (χ0v) is 21.8. The minimum absolute atomic E-state index is 0. The van der Waals surface area contributed by atoms with E-state index in [4.69, 9.17) is 16.3 Å². The van der Waals surface area contributed by atoms with Gasteiger partial charge in [0.2, 0.25) is 0 Å². The summed E-state index contributed by atoms with van der Waals surface area (Å²) >= 11 is 5.90. The second kappa shape index (κ2) is 12.1. The molecule has 2 N–H and O–H groups in total. The maximum Gasteiger partial charge on any atom is 0.271 e. The lowest BCUT2D eigenvalue weighted by Crippen LogP contribution is -2.36. The molecule has 4 aromatic rings. The number of aromatic hydroxyl groups is 1. The third kappa shape index (κ3) is 5.98. The number of benzene rings is 4. The number of rotatable bonds is 8. The first kappa shape index (κ1) is 25.8. The number of hydrogen-bond donors (Lipinski definition) is 2. The second-order valence-electron chi connectivity index (χ2n) is 9.37. The molecule has 6 nitrogen and oxygen atoms in total. The van der Waals surface area contributed by atoms with Gasteiger partial charge in [-0.15, -0.1) is 0 Å². The van der Waals surface area contributed by atoms with Crippen molar-refractivity contribution in [3.8, 4) is 11.5 Å². The lowest BCUT2D eigenvalue weighted by atomic mass is 9.95. The Morgan fingerprint density at radius 1 is 1.05 bits per heavy atom. The number of likely N-dealkylation sites (tertiary alicyclic amines) is 1. The number of hydrogen-bond acceptors (Lipinski definition) is 5. The second-order valence-corrected chi connectivity index (χ2v) is 9.78. The van der Waals surface area contributed by atoms with Crippen LogP contribution < -0.4 is 10.2 Å². The Morgan fingerprint density at radius 3 is 2.66 bits per heavy atom. The fraction of sp³-hybridized carbons (Fsp3) is 0.226. The fourth-order valence-corrected chi connectivity index (χ4v) is 5.17. The van der Waals surface area contributed by atoms with E-state index >= 15 is 0 Å². The van der Waals surface area contributed by atoms with Gasteiger partial charge in [-0.3, -0.25) is 9.69 Å². The van der Waals surface area contributed by atoms with Gasteiger partial charge in [-0.25, -0.2) is 5.43 Å². The molecule has 0 saturated carbocycles. The van der Waals surface area contributed by atoms with Gasteiger partial charge in [0, 0.05) is 30.5 Å². The van der Waals surface area contributed by atoms with Crippen LogP contribution in [0.2, 0.25) is 5.02 Å². The minimum atomic E-state index is -0.418. The fourth-order valence-electron chi connectivity index (χ4n) is 4.99. The molecule has 0 aliphatic carbocycles. The number of piperidine rings is 1. The summed E-state index contributed by atoms with van der Waals surface area (Å²) in [6.07, 6.45) is 5.27. The Kier molecular flexibility index (Phi) is 8.22. The van der Waals surface area contributed by atoms with Gasteiger partial charge in [0.25, 0.3) is 5.91 Å². The van der Waals surface area contributed by atoms with Gasteiger partial charge in [-0.1, -0.05) is 72.6 Å². The van der Waals surface area contributed by atoms with Crippen molar-refractivity contribution in [1.29, 1.82) is 0 Å². The molecule has 1 amide bonds. The molecule has 1 aliphatic heterocycles.